The normalized spacial score (nSPS) is 19.1. The molecule has 1 N–H and O–H groups in total. The minimum atomic E-state index is 0.0190. The molecule has 30 heavy (non-hydrogen) atoms. The smallest absolute Gasteiger partial charge is 0.252 e. The van der Waals surface area contributed by atoms with Crippen LogP contribution < -0.4 is 5.32 Å². The van der Waals surface area contributed by atoms with Crippen LogP contribution in [-0.4, -0.2) is 46.6 Å². The molecule has 1 amide bonds. The second kappa shape index (κ2) is 10.4. The Labute approximate surface area is 183 Å². The van der Waals surface area contributed by atoms with E-state index in [9.17, 15) is 4.79 Å². The minimum Gasteiger partial charge on any atom is -0.349 e. The Balaban J connectivity index is 1.27. The second-order valence-electron chi connectivity index (χ2n) is 8.57. The van der Waals surface area contributed by atoms with Crippen LogP contribution in [0.2, 0.25) is 0 Å². The highest BCUT2D eigenvalue weighted by Gasteiger charge is 2.24. The lowest BCUT2D eigenvalue weighted by atomic mass is 9.88. The maximum atomic E-state index is 13.0. The number of benzene rings is 1. The van der Waals surface area contributed by atoms with Gasteiger partial charge in [-0.1, -0.05) is 36.6 Å². The number of rotatable bonds is 7. The quantitative estimate of drug-likeness (QED) is 0.657. The first kappa shape index (κ1) is 21.4. The Hall–Kier alpha value is -1.86. The van der Waals surface area contributed by atoms with E-state index in [-0.39, 0.29) is 11.9 Å². The molecular formula is C23H32N4O2S. The Morgan fingerprint density at radius 2 is 1.93 bits per heavy atom. The standard InChI is InChI=1S/C23H32N4O2S/c1-17-24-22(29-26-17)16-30-21-10-6-5-9-20(21)23(28)25-19-11-13-27(14-12-19)15-18-7-3-2-4-8-18/h5-6,9-10,18-19H,2-4,7-8,11-16H2,1H3,(H,25,28). The van der Waals surface area contributed by atoms with E-state index in [0.717, 1.165) is 42.3 Å². The summed E-state index contributed by atoms with van der Waals surface area (Å²) in [5, 5.41) is 7.10. The van der Waals surface area contributed by atoms with E-state index >= 15 is 0 Å². The van der Waals surface area contributed by atoms with Crippen LogP contribution in [0.15, 0.2) is 33.7 Å². The fourth-order valence-electron chi connectivity index (χ4n) is 4.58. The zero-order chi connectivity index (χ0) is 20.8. The monoisotopic (exact) mass is 428 g/mol. The summed E-state index contributed by atoms with van der Waals surface area (Å²) in [5.41, 5.74) is 0.725. The third-order valence-electron chi connectivity index (χ3n) is 6.22. The van der Waals surface area contributed by atoms with E-state index in [1.54, 1.807) is 18.7 Å². The zero-order valence-corrected chi connectivity index (χ0v) is 18.6. The number of hydrogen-bond acceptors (Lipinski definition) is 6. The van der Waals surface area contributed by atoms with Crippen LogP contribution in [0.5, 0.6) is 0 Å². The number of aryl methyl sites for hydroxylation is 1. The lowest BCUT2D eigenvalue weighted by molar-refractivity contribution is 0.0898. The average molecular weight is 429 g/mol. The molecule has 6 nitrogen and oxygen atoms in total. The highest BCUT2D eigenvalue weighted by molar-refractivity contribution is 7.98. The zero-order valence-electron chi connectivity index (χ0n) is 17.8. The van der Waals surface area contributed by atoms with Gasteiger partial charge in [-0.3, -0.25) is 4.79 Å². The van der Waals surface area contributed by atoms with E-state index in [2.05, 4.69) is 20.4 Å². The van der Waals surface area contributed by atoms with Crippen LogP contribution in [-0.2, 0) is 5.75 Å². The van der Waals surface area contributed by atoms with Crippen molar-refractivity contribution in [2.45, 2.75) is 68.6 Å². The van der Waals surface area contributed by atoms with Gasteiger partial charge in [0.2, 0.25) is 5.89 Å². The molecule has 0 spiro atoms. The summed E-state index contributed by atoms with van der Waals surface area (Å²) >= 11 is 1.56. The molecule has 2 fully saturated rings. The van der Waals surface area contributed by atoms with Gasteiger partial charge in [0.05, 0.1) is 11.3 Å². The van der Waals surface area contributed by atoms with Crippen LogP contribution in [0.1, 0.15) is 67.0 Å². The summed E-state index contributed by atoms with van der Waals surface area (Å²) in [6.07, 6.45) is 9.09. The predicted molar refractivity (Wildman–Crippen MR) is 119 cm³/mol. The lowest BCUT2D eigenvalue weighted by Gasteiger charge is -2.35. The van der Waals surface area contributed by atoms with Crippen molar-refractivity contribution in [1.29, 1.82) is 0 Å². The molecule has 2 aromatic rings. The Bertz CT molecular complexity index is 826. The topological polar surface area (TPSA) is 71.3 Å². The molecule has 1 aliphatic carbocycles. The van der Waals surface area contributed by atoms with Crippen LogP contribution in [0, 0.1) is 12.8 Å². The van der Waals surface area contributed by atoms with Crippen molar-refractivity contribution >= 4 is 17.7 Å². The number of amides is 1. The molecule has 2 aliphatic rings. The van der Waals surface area contributed by atoms with Gasteiger partial charge in [-0.2, -0.15) is 4.98 Å². The van der Waals surface area contributed by atoms with Gasteiger partial charge >= 0.3 is 0 Å². The third kappa shape index (κ3) is 5.85. The molecular weight excluding hydrogens is 396 g/mol. The molecule has 0 atom stereocenters. The second-order valence-corrected chi connectivity index (χ2v) is 9.59. The highest BCUT2D eigenvalue weighted by Crippen LogP contribution is 2.27. The number of carbonyl (C=O) groups is 1. The fraction of sp³-hybridized carbons (Fsp3) is 0.609. The van der Waals surface area contributed by atoms with Crippen molar-refractivity contribution in [3.05, 3.63) is 41.5 Å². The summed E-state index contributed by atoms with van der Waals surface area (Å²) in [7, 11) is 0. The number of carbonyl (C=O) groups excluding carboxylic acids is 1. The van der Waals surface area contributed by atoms with Crippen LogP contribution in [0.25, 0.3) is 0 Å². The Kier molecular flexibility index (Phi) is 7.44. The van der Waals surface area contributed by atoms with Gasteiger partial charge in [0, 0.05) is 30.6 Å². The number of nitrogens with one attached hydrogen (secondary N) is 1. The average Bonchev–Trinajstić information content (AvgIpc) is 3.20. The molecule has 162 valence electrons. The number of hydrogen-bond donors (Lipinski definition) is 1. The number of nitrogens with zero attached hydrogens (tertiary/aromatic N) is 3. The first-order valence-electron chi connectivity index (χ1n) is 11.2. The highest BCUT2D eigenvalue weighted by atomic mass is 32.2. The van der Waals surface area contributed by atoms with Crippen molar-refractivity contribution in [1.82, 2.24) is 20.4 Å². The van der Waals surface area contributed by atoms with E-state index in [1.165, 1.54) is 38.6 Å². The van der Waals surface area contributed by atoms with Gasteiger partial charge in [0.25, 0.3) is 5.91 Å². The van der Waals surface area contributed by atoms with Crippen LogP contribution >= 0.6 is 11.8 Å². The lowest BCUT2D eigenvalue weighted by Crippen LogP contribution is -2.46. The summed E-state index contributed by atoms with van der Waals surface area (Å²) in [5.74, 6) is 2.68. The summed E-state index contributed by atoms with van der Waals surface area (Å²) in [4.78, 5) is 20.7. The minimum absolute atomic E-state index is 0.0190. The fourth-order valence-corrected chi connectivity index (χ4v) is 5.46. The van der Waals surface area contributed by atoms with Crippen LogP contribution in [0.4, 0.5) is 0 Å². The van der Waals surface area contributed by atoms with Gasteiger partial charge in [-0.15, -0.1) is 11.8 Å². The summed E-state index contributed by atoms with van der Waals surface area (Å²) in [6.45, 7) is 5.23. The van der Waals surface area contributed by atoms with Gasteiger partial charge in [0.15, 0.2) is 5.82 Å². The molecule has 0 radical (unpaired) electrons. The van der Waals surface area contributed by atoms with Crippen LogP contribution in [0.3, 0.4) is 0 Å². The number of thioether (sulfide) groups is 1. The molecule has 1 aromatic heterocycles. The van der Waals surface area contributed by atoms with Gasteiger partial charge in [0.1, 0.15) is 0 Å². The van der Waals surface area contributed by atoms with Crippen molar-refractivity contribution in [2.75, 3.05) is 19.6 Å². The predicted octanol–water partition coefficient (Wildman–Crippen LogP) is 4.44. The molecule has 1 aromatic carbocycles. The molecule has 7 heteroatoms. The van der Waals surface area contributed by atoms with E-state index < -0.39 is 0 Å². The molecule has 2 heterocycles. The van der Waals surface area contributed by atoms with Crippen molar-refractivity contribution < 1.29 is 9.32 Å². The van der Waals surface area contributed by atoms with Crippen molar-refractivity contribution in [2.24, 2.45) is 5.92 Å². The van der Waals surface area contributed by atoms with Gasteiger partial charge in [-0.05, 0) is 50.7 Å². The third-order valence-corrected chi connectivity index (χ3v) is 7.27. The number of aromatic nitrogens is 2. The first-order valence-corrected chi connectivity index (χ1v) is 12.2. The van der Waals surface area contributed by atoms with E-state index in [4.69, 9.17) is 4.52 Å². The number of piperidine rings is 1. The van der Waals surface area contributed by atoms with Gasteiger partial charge in [-0.25, -0.2) is 0 Å². The molecule has 4 rings (SSSR count). The molecule has 1 saturated carbocycles. The maximum absolute atomic E-state index is 13.0. The largest absolute Gasteiger partial charge is 0.349 e. The molecule has 0 unspecified atom stereocenters. The maximum Gasteiger partial charge on any atom is 0.252 e. The van der Waals surface area contributed by atoms with Crippen molar-refractivity contribution in [3.63, 3.8) is 0 Å². The molecule has 1 saturated heterocycles. The summed E-state index contributed by atoms with van der Waals surface area (Å²) < 4.78 is 5.19. The Morgan fingerprint density at radius 1 is 1.17 bits per heavy atom. The van der Waals surface area contributed by atoms with E-state index in [0.29, 0.717) is 17.5 Å². The number of likely N-dealkylation sites (tertiary alicyclic amines) is 1. The molecule has 0 bridgehead atoms. The van der Waals surface area contributed by atoms with Crippen molar-refractivity contribution in [3.8, 4) is 0 Å². The SMILES string of the molecule is Cc1noc(CSc2ccccc2C(=O)NC2CCN(CC3CCCCC3)CC2)n1. The summed E-state index contributed by atoms with van der Waals surface area (Å²) in [6, 6.07) is 8.02. The Morgan fingerprint density at radius 3 is 2.67 bits per heavy atom. The molecule has 1 aliphatic heterocycles. The first-order chi connectivity index (χ1) is 14.7. The van der Waals surface area contributed by atoms with Gasteiger partial charge < -0.3 is 14.7 Å². The van der Waals surface area contributed by atoms with E-state index in [1.807, 2.05) is 24.3 Å².